The van der Waals surface area contributed by atoms with Gasteiger partial charge in [-0.25, -0.2) is 18.7 Å². The largest absolute Gasteiger partial charge is 0.354 e. The van der Waals surface area contributed by atoms with Crippen LogP contribution in [0.1, 0.15) is 0 Å². The van der Waals surface area contributed by atoms with E-state index in [2.05, 4.69) is 20.3 Å². The Balaban J connectivity index is 1.69. The molecule has 0 saturated heterocycles. The standard InChI is InChI=1S/C15H13F2N5OS2/c1-22(2)15-21-13-12(25-15)14(19-7-18-13)24-6-11(23)20-8-3-4-9(16)10(17)5-8/h3-5,7H,6H2,1-2H3,(H,20,23). The molecule has 1 amide bonds. The number of carbonyl (C=O) groups is 1. The maximum absolute atomic E-state index is 13.2. The summed E-state index contributed by atoms with van der Waals surface area (Å²) in [5.41, 5.74) is 0.775. The summed E-state index contributed by atoms with van der Waals surface area (Å²) in [5, 5.41) is 3.97. The Kier molecular flexibility index (Phi) is 5.09. The number of hydrogen-bond acceptors (Lipinski definition) is 7. The van der Waals surface area contributed by atoms with Crippen molar-refractivity contribution >= 4 is 50.2 Å². The van der Waals surface area contributed by atoms with E-state index in [1.807, 2.05) is 19.0 Å². The van der Waals surface area contributed by atoms with Gasteiger partial charge < -0.3 is 10.2 Å². The van der Waals surface area contributed by atoms with Crippen molar-refractivity contribution in [2.24, 2.45) is 0 Å². The van der Waals surface area contributed by atoms with Gasteiger partial charge in [0.1, 0.15) is 16.1 Å². The number of thiazole rings is 1. The summed E-state index contributed by atoms with van der Waals surface area (Å²) in [4.78, 5) is 26.6. The van der Waals surface area contributed by atoms with Gasteiger partial charge in [0.05, 0.1) is 5.75 Å². The molecule has 0 spiro atoms. The third-order valence-corrected chi connectivity index (χ3v) is 5.41. The molecule has 3 rings (SSSR count). The lowest BCUT2D eigenvalue weighted by molar-refractivity contribution is -0.113. The Labute approximate surface area is 150 Å². The number of fused-ring (bicyclic) bond motifs is 1. The van der Waals surface area contributed by atoms with E-state index in [0.29, 0.717) is 10.7 Å². The molecule has 10 heteroatoms. The maximum atomic E-state index is 13.2. The molecule has 0 unspecified atom stereocenters. The Morgan fingerprint density at radius 3 is 2.80 bits per heavy atom. The minimum atomic E-state index is -1.01. The lowest BCUT2D eigenvalue weighted by Crippen LogP contribution is -2.14. The minimum absolute atomic E-state index is 0.0697. The number of thioether (sulfide) groups is 1. The number of nitrogens with zero attached hydrogens (tertiary/aromatic N) is 4. The van der Waals surface area contributed by atoms with Crippen molar-refractivity contribution in [1.82, 2.24) is 15.0 Å². The van der Waals surface area contributed by atoms with Crippen LogP contribution in [0.2, 0.25) is 0 Å². The van der Waals surface area contributed by atoms with E-state index in [9.17, 15) is 13.6 Å². The molecule has 0 bridgehead atoms. The molecule has 0 atom stereocenters. The zero-order chi connectivity index (χ0) is 18.0. The quantitative estimate of drug-likeness (QED) is 0.541. The van der Waals surface area contributed by atoms with E-state index in [-0.39, 0.29) is 17.3 Å². The summed E-state index contributed by atoms with van der Waals surface area (Å²) in [6, 6.07) is 3.20. The average molecular weight is 381 g/mol. The molecule has 0 aliphatic carbocycles. The molecular weight excluding hydrogens is 368 g/mol. The predicted molar refractivity (Wildman–Crippen MR) is 95.2 cm³/mol. The third-order valence-electron chi connectivity index (χ3n) is 3.07. The van der Waals surface area contributed by atoms with Gasteiger partial charge in [0.2, 0.25) is 5.91 Å². The molecule has 0 fully saturated rings. The van der Waals surface area contributed by atoms with Crippen LogP contribution in [-0.4, -0.2) is 40.7 Å². The van der Waals surface area contributed by atoms with Crippen molar-refractivity contribution < 1.29 is 13.6 Å². The number of carbonyl (C=O) groups excluding carboxylic acids is 1. The fraction of sp³-hybridized carbons (Fsp3) is 0.200. The molecule has 130 valence electrons. The second kappa shape index (κ2) is 7.28. The molecule has 2 heterocycles. The molecule has 2 aromatic heterocycles. The summed E-state index contributed by atoms with van der Waals surface area (Å²) in [6.45, 7) is 0. The summed E-state index contributed by atoms with van der Waals surface area (Å²) >= 11 is 2.67. The maximum Gasteiger partial charge on any atom is 0.234 e. The normalized spacial score (nSPS) is 10.9. The van der Waals surface area contributed by atoms with Crippen LogP contribution in [0.25, 0.3) is 10.3 Å². The molecule has 0 saturated carbocycles. The highest BCUT2D eigenvalue weighted by molar-refractivity contribution is 8.00. The summed E-state index contributed by atoms with van der Waals surface area (Å²) in [6.07, 6.45) is 1.40. The van der Waals surface area contributed by atoms with Crippen LogP contribution >= 0.6 is 23.1 Å². The first-order valence-electron chi connectivity index (χ1n) is 7.10. The number of hydrogen-bond donors (Lipinski definition) is 1. The van der Waals surface area contributed by atoms with Gasteiger partial charge in [0, 0.05) is 25.8 Å². The second-order valence-electron chi connectivity index (χ2n) is 5.19. The van der Waals surface area contributed by atoms with Crippen LogP contribution in [0.3, 0.4) is 0 Å². The highest BCUT2D eigenvalue weighted by Crippen LogP contribution is 2.32. The lowest BCUT2D eigenvalue weighted by atomic mass is 10.3. The number of anilines is 2. The average Bonchev–Trinajstić information content (AvgIpc) is 3.01. The predicted octanol–water partition coefficient (Wildman–Crippen LogP) is 3.16. The number of halogens is 2. The van der Waals surface area contributed by atoms with Gasteiger partial charge in [-0.2, -0.15) is 4.98 Å². The van der Waals surface area contributed by atoms with Crippen LogP contribution < -0.4 is 10.2 Å². The molecule has 1 N–H and O–H groups in total. The van der Waals surface area contributed by atoms with E-state index in [0.717, 1.165) is 22.0 Å². The molecule has 1 aromatic carbocycles. The van der Waals surface area contributed by atoms with Gasteiger partial charge in [-0.05, 0) is 12.1 Å². The number of rotatable bonds is 5. The minimum Gasteiger partial charge on any atom is -0.354 e. The van der Waals surface area contributed by atoms with E-state index < -0.39 is 11.6 Å². The van der Waals surface area contributed by atoms with Crippen molar-refractivity contribution in [2.75, 3.05) is 30.1 Å². The van der Waals surface area contributed by atoms with Gasteiger partial charge in [0.25, 0.3) is 0 Å². The Bertz CT molecular complexity index is 931. The second-order valence-corrected chi connectivity index (χ2v) is 7.13. The first-order valence-corrected chi connectivity index (χ1v) is 8.91. The number of aromatic nitrogens is 3. The molecular formula is C15H13F2N5OS2. The van der Waals surface area contributed by atoms with Gasteiger partial charge >= 0.3 is 0 Å². The van der Waals surface area contributed by atoms with Gasteiger partial charge in [0.15, 0.2) is 22.4 Å². The zero-order valence-electron chi connectivity index (χ0n) is 13.3. The topological polar surface area (TPSA) is 71.0 Å². The highest BCUT2D eigenvalue weighted by Gasteiger charge is 2.14. The van der Waals surface area contributed by atoms with E-state index >= 15 is 0 Å². The highest BCUT2D eigenvalue weighted by atomic mass is 32.2. The van der Waals surface area contributed by atoms with E-state index in [1.165, 1.54) is 35.5 Å². The van der Waals surface area contributed by atoms with Crippen LogP contribution in [0.4, 0.5) is 19.6 Å². The zero-order valence-corrected chi connectivity index (χ0v) is 14.9. The van der Waals surface area contributed by atoms with E-state index in [4.69, 9.17) is 0 Å². The number of benzene rings is 1. The molecule has 0 aliphatic rings. The Hall–Kier alpha value is -2.33. The van der Waals surface area contributed by atoms with Gasteiger partial charge in [-0.3, -0.25) is 4.79 Å². The van der Waals surface area contributed by atoms with Crippen LogP contribution in [-0.2, 0) is 4.79 Å². The molecule has 25 heavy (non-hydrogen) atoms. The van der Waals surface area contributed by atoms with E-state index in [1.54, 1.807) is 0 Å². The van der Waals surface area contributed by atoms with Crippen molar-refractivity contribution in [3.8, 4) is 0 Å². The summed E-state index contributed by atoms with van der Waals surface area (Å²) in [7, 11) is 3.76. The van der Waals surface area contributed by atoms with Crippen LogP contribution in [0, 0.1) is 11.6 Å². The molecule has 3 aromatic rings. The van der Waals surface area contributed by atoms with Gasteiger partial charge in [-0.1, -0.05) is 23.1 Å². The Morgan fingerprint density at radius 1 is 1.28 bits per heavy atom. The smallest absolute Gasteiger partial charge is 0.234 e. The SMILES string of the molecule is CN(C)c1nc2ncnc(SCC(=O)Nc3ccc(F)c(F)c3)c2s1. The third kappa shape index (κ3) is 4.02. The lowest BCUT2D eigenvalue weighted by Gasteiger charge is -2.05. The van der Waals surface area contributed by atoms with Crippen LogP contribution in [0.15, 0.2) is 29.6 Å². The fourth-order valence-electron chi connectivity index (χ4n) is 1.92. The van der Waals surface area contributed by atoms with Crippen molar-refractivity contribution in [1.29, 1.82) is 0 Å². The summed E-state index contributed by atoms with van der Waals surface area (Å²) < 4.78 is 26.9. The van der Waals surface area contributed by atoms with Crippen molar-refractivity contribution in [2.45, 2.75) is 5.03 Å². The first-order chi connectivity index (χ1) is 11.9. The van der Waals surface area contributed by atoms with Crippen LogP contribution in [0.5, 0.6) is 0 Å². The summed E-state index contributed by atoms with van der Waals surface area (Å²) in [5.74, 6) is -2.25. The van der Waals surface area contributed by atoms with Crippen molar-refractivity contribution in [3.05, 3.63) is 36.2 Å². The number of amides is 1. The Morgan fingerprint density at radius 2 is 2.08 bits per heavy atom. The van der Waals surface area contributed by atoms with Crippen molar-refractivity contribution in [3.63, 3.8) is 0 Å². The molecule has 6 nitrogen and oxygen atoms in total. The monoisotopic (exact) mass is 381 g/mol. The molecule has 0 aliphatic heterocycles. The van der Waals surface area contributed by atoms with Gasteiger partial charge in [-0.15, -0.1) is 0 Å². The number of nitrogens with one attached hydrogen (secondary N) is 1. The fourth-order valence-corrected chi connectivity index (χ4v) is 3.73. The first kappa shape index (κ1) is 17.5. The molecule has 0 radical (unpaired) electrons.